The van der Waals surface area contributed by atoms with Gasteiger partial charge in [-0.15, -0.1) is 4.91 Å². The largest absolute Gasteiger partial charge is 0.344 e. The van der Waals surface area contributed by atoms with Gasteiger partial charge in [-0.2, -0.15) is 0 Å². The van der Waals surface area contributed by atoms with E-state index in [1.54, 1.807) is 0 Å². The summed E-state index contributed by atoms with van der Waals surface area (Å²) in [5.41, 5.74) is 0.176. The zero-order chi connectivity index (χ0) is 9.97. The molecule has 0 spiro atoms. The Balaban J connectivity index is 2.02. The van der Waals surface area contributed by atoms with Gasteiger partial charge in [-0.3, -0.25) is 4.79 Å². The molecule has 2 rings (SSSR count). The van der Waals surface area contributed by atoms with E-state index in [2.05, 4.69) is 20.5 Å². The topological polar surface area (TPSA) is 84.3 Å². The summed E-state index contributed by atoms with van der Waals surface area (Å²) in [4.78, 5) is 28.7. The smallest absolute Gasteiger partial charge is 0.223 e. The van der Waals surface area contributed by atoms with Crippen LogP contribution >= 0.6 is 0 Å². The van der Waals surface area contributed by atoms with Crippen molar-refractivity contribution < 1.29 is 4.79 Å². The van der Waals surface area contributed by atoms with Gasteiger partial charge in [-0.25, -0.2) is 9.97 Å². The summed E-state index contributed by atoms with van der Waals surface area (Å²) in [5.74, 6) is 0.529. The van der Waals surface area contributed by atoms with Gasteiger partial charge in [-0.1, -0.05) is 0 Å². The molecule has 6 nitrogen and oxygen atoms in total. The molecule has 14 heavy (non-hydrogen) atoms. The number of nitrogens with zero attached hydrogens (tertiary/aromatic N) is 3. The Morgan fingerprint density at radius 1 is 1.43 bits per heavy atom. The number of Topliss-reactive ketones (excluding diaryl/α,β-unsaturated/α-hetero) is 1. The number of rotatable bonds is 3. The molecule has 1 aromatic heterocycles. The van der Waals surface area contributed by atoms with Crippen molar-refractivity contribution >= 4 is 17.4 Å². The standard InChI is InChI=1S/C8H8N4O2/c13-7-2-1-6(7)11-8-9-3-5(12-14)4-10-8/h3-4,6H,1-2H2,(H,9,10,11). The van der Waals surface area contributed by atoms with Crippen LogP contribution in [0.3, 0.4) is 0 Å². The van der Waals surface area contributed by atoms with Crippen LogP contribution in [0.15, 0.2) is 17.6 Å². The SMILES string of the molecule is O=Nc1cnc(NC2CCC2=O)nc1. The highest BCUT2D eigenvalue weighted by Crippen LogP contribution is 2.18. The van der Waals surface area contributed by atoms with Gasteiger partial charge in [0, 0.05) is 6.42 Å². The van der Waals surface area contributed by atoms with E-state index in [1.807, 2.05) is 0 Å². The van der Waals surface area contributed by atoms with E-state index in [4.69, 9.17) is 0 Å². The Morgan fingerprint density at radius 2 is 2.14 bits per heavy atom. The molecule has 0 aliphatic heterocycles. The van der Waals surface area contributed by atoms with Crippen molar-refractivity contribution in [3.8, 4) is 0 Å². The van der Waals surface area contributed by atoms with Crippen LogP contribution in [0.1, 0.15) is 12.8 Å². The Labute approximate surface area is 79.7 Å². The van der Waals surface area contributed by atoms with Gasteiger partial charge in [-0.05, 0) is 11.6 Å². The maximum absolute atomic E-state index is 11.0. The number of anilines is 1. The van der Waals surface area contributed by atoms with Gasteiger partial charge in [0.25, 0.3) is 0 Å². The summed E-state index contributed by atoms with van der Waals surface area (Å²) >= 11 is 0. The van der Waals surface area contributed by atoms with Crippen LogP contribution in [0.4, 0.5) is 11.6 Å². The molecule has 1 atom stereocenters. The summed E-state index contributed by atoms with van der Waals surface area (Å²) in [7, 11) is 0. The van der Waals surface area contributed by atoms with Crippen molar-refractivity contribution in [3.63, 3.8) is 0 Å². The number of hydrogen-bond acceptors (Lipinski definition) is 6. The third-order valence-corrected chi connectivity index (χ3v) is 2.12. The minimum atomic E-state index is -0.162. The second-order valence-electron chi connectivity index (χ2n) is 3.06. The molecule has 6 heteroatoms. The molecule has 1 saturated carbocycles. The molecule has 0 aromatic carbocycles. The van der Waals surface area contributed by atoms with Crippen LogP contribution in [0.2, 0.25) is 0 Å². The minimum absolute atomic E-state index is 0.162. The van der Waals surface area contributed by atoms with E-state index in [9.17, 15) is 9.70 Å². The first-order valence-electron chi connectivity index (χ1n) is 4.24. The van der Waals surface area contributed by atoms with E-state index in [-0.39, 0.29) is 17.5 Å². The van der Waals surface area contributed by atoms with E-state index in [1.165, 1.54) is 12.4 Å². The molecule has 72 valence electrons. The van der Waals surface area contributed by atoms with Crippen molar-refractivity contribution in [2.24, 2.45) is 5.18 Å². The molecule has 1 N–H and O–H groups in total. The van der Waals surface area contributed by atoms with Crippen molar-refractivity contribution in [1.82, 2.24) is 9.97 Å². The summed E-state index contributed by atoms with van der Waals surface area (Å²) in [5, 5.41) is 5.53. The number of aromatic nitrogens is 2. The summed E-state index contributed by atoms with van der Waals surface area (Å²) in [6.07, 6.45) is 4.05. The van der Waals surface area contributed by atoms with Gasteiger partial charge >= 0.3 is 0 Å². The molecular formula is C8H8N4O2. The molecule has 1 aromatic rings. The third kappa shape index (κ3) is 1.59. The first-order valence-corrected chi connectivity index (χ1v) is 4.24. The second kappa shape index (κ2) is 3.49. The van der Waals surface area contributed by atoms with Gasteiger partial charge in [0.05, 0.1) is 18.4 Å². The fourth-order valence-electron chi connectivity index (χ4n) is 1.16. The van der Waals surface area contributed by atoms with Gasteiger partial charge < -0.3 is 5.32 Å². The molecule has 1 aliphatic rings. The quantitative estimate of drug-likeness (QED) is 0.722. The highest BCUT2D eigenvalue weighted by Gasteiger charge is 2.28. The number of ketones is 1. The molecule has 1 unspecified atom stereocenters. The number of nitrogens with one attached hydrogen (secondary N) is 1. The molecule has 1 fully saturated rings. The average Bonchev–Trinajstić information content (AvgIpc) is 2.24. The van der Waals surface area contributed by atoms with Crippen molar-refractivity contribution in [2.45, 2.75) is 18.9 Å². The lowest BCUT2D eigenvalue weighted by Crippen LogP contribution is -2.39. The Morgan fingerprint density at radius 3 is 2.57 bits per heavy atom. The maximum Gasteiger partial charge on any atom is 0.223 e. The molecule has 0 radical (unpaired) electrons. The van der Waals surface area contributed by atoms with E-state index in [0.717, 1.165) is 6.42 Å². The molecule has 1 aliphatic carbocycles. The fraction of sp³-hybridized carbons (Fsp3) is 0.375. The molecule has 0 amide bonds. The lowest BCUT2D eigenvalue weighted by Gasteiger charge is -2.24. The zero-order valence-electron chi connectivity index (χ0n) is 7.30. The van der Waals surface area contributed by atoms with Crippen LogP contribution in [0.25, 0.3) is 0 Å². The number of carbonyl (C=O) groups excluding carboxylic acids is 1. The first kappa shape index (κ1) is 8.74. The second-order valence-corrected chi connectivity index (χ2v) is 3.06. The average molecular weight is 192 g/mol. The van der Waals surface area contributed by atoms with Gasteiger partial charge in [0.2, 0.25) is 5.95 Å². The van der Waals surface area contributed by atoms with Crippen LogP contribution < -0.4 is 5.32 Å². The minimum Gasteiger partial charge on any atom is -0.344 e. The maximum atomic E-state index is 11.0. The fourth-order valence-corrected chi connectivity index (χ4v) is 1.16. The van der Waals surface area contributed by atoms with Gasteiger partial charge in [0.15, 0.2) is 5.78 Å². The van der Waals surface area contributed by atoms with Crippen molar-refractivity contribution in [3.05, 3.63) is 17.3 Å². The lowest BCUT2D eigenvalue weighted by atomic mass is 9.91. The number of carbonyl (C=O) groups is 1. The van der Waals surface area contributed by atoms with Crippen LogP contribution in [0.5, 0.6) is 0 Å². The predicted molar refractivity (Wildman–Crippen MR) is 49.1 cm³/mol. The number of nitroso groups, excluding NO2 is 1. The monoisotopic (exact) mass is 192 g/mol. The highest BCUT2D eigenvalue weighted by molar-refractivity contribution is 5.91. The Kier molecular flexibility index (Phi) is 2.18. The summed E-state index contributed by atoms with van der Waals surface area (Å²) in [6.45, 7) is 0. The normalized spacial score (nSPS) is 20.0. The van der Waals surface area contributed by atoms with Crippen LogP contribution in [0, 0.1) is 4.91 Å². The Hall–Kier alpha value is -1.85. The predicted octanol–water partition coefficient (Wildman–Crippen LogP) is 1.02. The van der Waals surface area contributed by atoms with Crippen LogP contribution in [-0.2, 0) is 4.79 Å². The van der Waals surface area contributed by atoms with Crippen molar-refractivity contribution in [2.75, 3.05) is 5.32 Å². The summed E-state index contributed by atoms with van der Waals surface area (Å²) < 4.78 is 0. The summed E-state index contributed by atoms with van der Waals surface area (Å²) in [6, 6.07) is -0.162. The van der Waals surface area contributed by atoms with Crippen molar-refractivity contribution in [1.29, 1.82) is 0 Å². The van der Waals surface area contributed by atoms with E-state index < -0.39 is 0 Å². The molecule has 0 saturated heterocycles. The highest BCUT2D eigenvalue weighted by atomic mass is 16.3. The number of hydrogen-bond donors (Lipinski definition) is 1. The first-order chi connectivity index (χ1) is 6.79. The molecule has 1 heterocycles. The van der Waals surface area contributed by atoms with Gasteiger partial charge in [0.1, 0.15) is 5.69 Å². The molecular weight excluding hydrogens is 184 g/mol. The lowest BCUT2D eigenvalue weighted by molar-refractivity contribution is -0.124. The van der Waals surface area contributed by atoms with E-state index >= 15 is 0 Å². The molecule has 0 bridgehead atoms. The van der Waals surface area contributed by atoms with Crippen LogP contribution in [-0.4, -0.2) is 21.8 Å². The Bertz CT molecular complexity index is 362. The van der Waals surface area contributed by atoms with E-state index in [0.29, 0.717) is 12.4 Å². The third-order valence-electron chi connectivity index (χ3n) is 2.12. The zero-order valence-corrected chi connectivity index (χ0v) is 7.30.